The van der Waals surface area contributed by atoms with Crippen molar-refractivity contribution in [2.24, 2.45) is 7.05 Å². The van der Waals surface area contributed by atoms with E-state index < -0.39 is 10.5 Å². The molecule has 0 atom stereocenters. The van der Waals surface area contributed by atoms with Gasteiger partial charge in [0.2, 0.25) is 0 Å². The lowest BCUT2D eigenvalue weighted by molar-refractivity contribution is -0.384. The number of non-ortho nitro benzene ring substituents is 1. The molecule has 110 valence electrons. The van der Waals surface area contributed by atoms with Crippen LogP contribution in [0.4, 0.5) is 5.69 Å². The molecule has 1 aromatic heterocycles. The van der Waals surface area contributed by atoms with Crippen LogP contribution in [0.15, 0.2) is 41.2 Å². The van der Waals surface area contributed by atoms with E-state index >= 15 is 0 Å². The molecular formula is C15H16N2O4. The maximum atomic E-state index is 12.3. The summed E-state index contributed by atoms with van der Waals surface area (Å²) in [5, 5.41) is 20.6. The van der Waals surface area contributed by atoms with Crippen LogP contribution in [-0.2, 0) is 12.6 Å². The molecule has 0 radical (unpaired) electrons. The molecule has 0 bridgehead atoms. The summed E-state index contributed by atoms with van der Waals surface area (Å²) in [5.74, 6) is 0. The fourth-order valence-electron chi connectivity index (χ4n) is 2.14. The van der Waals surface area contributed by atoms with E-state index in [2.05, 4.69) is 0 Å². The van der Waals surface area contributed by atoms with Gasteiger partial charge in [0.15, 0.2) is 0 Å². The van der Waals surface area contributed by atoms with Gasteiger partial charge in [0, 0.05) is 24.7 Å². The third-order valence-corrected chi connectivity index (χ3v) is 3.34. The van der Waals surface area contributed by atoms with E-state index in [1.54, 1.807) is 45.2 Å². The van der Waals surface area contributed by atoms with E-state index in [1.807, 2.05) is 0 Å². The van der Waals surface area contributed by atoms with Crippen LogP contribution >= 0.6 is 0 Å². The van der Waals surface area contributed by atoms with Crippen molar-refractivity contribution in [1.29, 1.82) is 0 Å². The normalized spacial score (nSPS) is 11.4. The minimum absolute atomic E-state index is 0.00291. The van der Waals surface area contributed by atoms with Gasteiger partial charge in [-0.25, -0.2) is 0 Å². The summed E-state index contributed by atoms with van der Waals surface area (Å²) in [6, 6.07) is 9.27. The largest absolute Gasteiger partial charge is 0.386 e. The first-order valence-electron chi connectivity index (χ1n) is 6.39. The summed E-state index contributed by atoms with van der Waals surface area (Å²) < 4.78 is 1.43. The molecule has 0 amide bonds. The maximum Gasteiger partial charge on any atom is 0.269 e. The highest BCUT2D eigenvalue weighted by Gasteiger charge is 2.21. The monoisotopic (exact) mass is 288 g/mol. The SMILES string of the molecule is Cn1c(-c2ccc([N+](=O)[O-])cc2)ccc(C(C)(C)O)c1=O. The van der Waals surface area contributed by atoms with Crippen LogP contribution < -0.4 is 5.56 Å². The predicted molar refractivity (Wildman–Crippen MR) is 79.0 cm³/mol. The number of aliphatic hydroxyl groups is 1. The van der Waals surface area contributed by atoms with Crippen molar-refractivity contribution in [3.05, 3.63) is 62.4 Å². The molecule has 1 N–H and O–H groups in total. The Hall–Kier alpha value is -2.47. The average molecular weight is 288 g/mol. The molecule has 0 saturated carbocycles. The van der Waals surface area contributed by atoms with Crippen LogP contribution in [0.3, 0.4) is 0 Å². The second-order valence-electron chi connectivity index (χ2n) is 5.36. The van der Waals surface area contributed by atoms with Crippen molar-refractivity contribution in [2.75, 3.05) is 0 Å². The Morgan fingerprint density at radius 2 is 1.71 bits per heavy atom. The Morgan fingerprint density at radius 1 is 1.14 bits per heavy atom. The Morgan fingerprint density at radius 3 is 2.19 bits per heavy atom. The molecule has 21 heavy (non-hydrogen) atoms. The van der Waals surface area contributed by atoms with Crippen LogP contribution in [0.1, 0.15) is 19.4 Å². The summed E-state index contributed by atoms with van der Waals surface area (Å²) in [6.07, 6.45) is 0. The highest BCUT2D eigenvalue weighted by molar-refractivity contribution is 5.61. The first kappa shape index (κ1) is 14.9. The van der Waals surface area contributed by atoms with Crippen molar-refractivity contribution in [2.45, 2.75) is 19.4 Å². The second-order valence-corrected chi connectivity index (χ2v) is 5.36. The van der Waals surface area contributed by atoms with E-state index in [-0.39, 0.29) is 11.2 Å². The van der Waals surface area contributed by atoms with Crippen molar-refractivity contribution in [3.8, 4) is 11.3 Å². The fraction of sp³-hybridized carbons (Fsp3) is 0.267. The molecule has 2 rings (SSSR count). The van der Waals surface area contributed by atoms with Crippen LogP contribution in [-0.4, -0.2) is 14.6 Å². The second kappa shape index (κ2) is 5.14. The van der Waals surface area contributed by atoms with Crippen molar-refractivity contribution < 1.29 is 10.0 Å². The first-order valence-corrected chi connectivity index (χ1v) is 6.39. The predicted octanol–water partition coefficient (Wildman–Crippen LogP) is 2.19. The van der Waals surface area contributed by atoms with Crippen LogP contribution in [0.5, 0.6) is 0 Å². The molecule has 0 aliphatic rings. The third-order valence-electron chi connectivity index (χ3n) is 3.34. The highest BCUT2D eigenvalue weighted by atomic mass is 16.6. The molecule has 1 heterocycles. The van der Waals surface area contributed by atoms with Crippen LogP contribution in [0.25, 0.3) is 11.3 Å². The minimum Gasteiger partial charge on any atom is -0.386 e. The zero-order chi connectivity index (χ0) is 15.8. The van der Waals surface area contributed by atoms with Crippen molar-refractivity contribution in [1.82, 2.24) is 4.57 Å². The number of hydrogen-bond acceptors (Lipinski definition) is 4. The summed E-state index contributed by atoms with van der Waals surface area (Å²) in [4.78, 5) is 22.5. The average Bonchev–Trinajstić information content (AvgIpc) is 2.40. The van der Waals surface area contributed by atoms with Crippen LogP contribution in [0.2, 0.25) is 0 Å². The maximum absolute atomic E-state index is 12.3. The smallest absolute Gasteiger partial charge is 0.269 e. The molecule has 0 aliphatic heterocycles. The van der Waals surface area contributed by atoms with Gasteiger partial charge in [-0.1, -0.05) is 0 Å². The molecule has 0 saturated heterocycles. The van der Waals surface area contributed by atoms with E-state index in [0.29, 0.717) is 16.8 Å². The van der Waals surface area contributed by atoms with Gasteiger partial charge in [-0.2, -0.15) is 0 Å². The lowest BCUT2D eigenvalue weighted by atomic mass is 9.99. The Bertz CT molecular complexity index is 740. The van der Waals surface area contributed by atoms with E-state index in [1.165, 1.54) is 16.7 Å². The Labute approximate surface area is 121 Å². The van der Waals surface area contributed by atoms with Gasteiger partial charge in [0.1, 0.15) is 0 Å². The highest BCUT2D eigenvalue weighted by Crippen LogP contribution is 2.23. The van der Waals surface area contributed by atoms with E-state index in [9.17, 15) is 20.0 Å². The Kier molecular flexibility index (Phi) is 3.65. The number of nitrogens with zero attached hydrogens (tertiary/aromatic N) is 2. The number of hydrogen-bond donors (Lipinski definition) is 1. The molecule has 1 aromatic carbocycles. The number of rotatable bonds is 3. The van der Waals surface area contributed by atoms with Gasteiger partial charge in [-0.05, 0) is 43.7 Å². The number of nitro benzene ring substituents is 1. The molecule has 6 heteroatoms. The lowest BCUT2D eigenvalue weighted by Crippen LogP contribution is -2.31. The van der Waals surface area contributed by atoms with Gasteiger partial charge in [0.25, 0.3) is 11.2 Å². The summed E-state index contributed by atoms with van der Waals surface area (Å²) in [6.45, 7) is 3.10. The summed E-state index contributed by atoms with van der Waals surface area (Å²) in [5.41, 5.74) is 0.110. The first-order chi connectivity index (χ1) is 9.71. The molecular weight excluding hydrogens is 272 g/mol. The molecule has 2 aromatic rings. The number of benzene rings is 1. The fourth-order valence-corrected chi connectivity index (χ4v) is 2.14. The van der Waals surface area contributed by atoms with Gasteiger partial charge in [0.05, 0.1) is 16.2 Å². The summed E-state index contributed by atoms with van der Waals surface area (Å²) >= 11 is 0. The topological polar surface area (TPSA) is 85.4 Å². The van der Waals surface area contributed by atoms with Crippen molar-refractivity contribution >= 4 is 5.69 Å². The lowest BCUT2D eigenvalue weighted by Gasteiger charge is -2.19. The van der Waals surface area contributed by atoms with Gasteiger partial charge in [-0.3, -0.25) is 14.9 Å². The molecule has 6 nitrogen and oxygen atoms in total. The third kappa shape index (κ3) is 2.85. The number of aromatic nitrogens is 1. The van der Waals surface area contributed by atoms with Crippen molar-refractivity contribution in [3.63, 3.8) is 0 Å². The molecule has 0 fully saturated rings. The quantitative estimate of drug-likeness (QED) is 0.693. The molecule has 0 unspecified atom stereocenters. The Balaban J connectivity index is 2.53. The van der Waals surface area contributed by atoms with Gasteiger partial charge >= 0.3 is 0 Å². The van der Waals surface area contributed by atoms with Gasteiger partial charge < -0.3 is 9.67 Å². The zero-order valence-corrected chi connectivity index (χ0v) is 12.0. The zero-order valence-electron chi connectivity index (χ0n) is 12.0. The van der Waals surface area contributed by atoms with E-state index in [0.717, 1.165) is 0 Å². The summed E-state index contributed by atoms with van der Waals surface area (Å²) in [7, 11) is 1.61. The number of pyridine rings is 1. The molecule has 0 aliphatic carbocycles. The van der Waals surface area contributed by atoms with Gasteiger partial charge in [-0.15, -0.1) is 0 Å². The standard InChI is InChI=1S/C15H16N2O4/c1-15(2,19)12-8-9-13(16(3)14(12)18)10-4-6-11(7-5-10)17(20)21/h4-9,19H,1-3H3. The van der Waals surface area contributed by atoms with Crippen LogP contribution in [0, 0.1) is 10.1 Å². The number of nitro groups is 1. The molecule has 0 spiro atoms. The minimum atomic E-state index is -1.22. The van der Waals surface area contributed by atoms with E-state index in [4.69, 9.17) is 0 Å².